The van der Waals surface area contributed by atoms with E-state index >= 15 is 0 Å². The van der Waals surface area contributed by atoms with E-state index < -0.39 is 6.04 Å². The Morgan fingerprint density at radius 1 is 1.45 bits per heavy atom. The molecule has 0 saturated carbocycles. The van der Waals surface area contributed by atoms with E-state index in [1.165, 1.54) is 5.56 Å². The van der Waals surface area contributed by atoms with Gasteiger partial charge in [-0.1, -0.05) is 30.3 Å². The average Bonchev–Trinajstić information content (AvgIpc) is 2.89. The molecule has 0 bridgehead atoms. The van der Waals surface area contributed by atoms with Crippen molar-refractivity contribution in [2.75, 3.05) is 26.7 Å². The highest BCUT2D eigenvalue weighted by Crippen LogP contribution is 2.13. The summed E-state index contributed by atoms with van der Waals surface area (Å²) in [6, 6.07) is 9.75. The molecule has 0 radical (unpaired) electrons. The van der Waals surface area contributed by atoms with Crippen molar-refractivity contribution in [1.29, 1.82) is 0 Å². The number of aryl methyl sites for hydroxylation is 1. The van der Waals surface area contributed by atoms with Gasteiger partial charge in [0, 0.05) is 13.1 Å². The Morgan fingerprint density at radius 3 is 2.85 bits per heavy atom. The third kappa shape index (κ3) is 4.62. The van der Waals surface area contributed by atoms with E-state index in [9.17, 15) is 4.79 Å². The molecule has 110 valence electrons. The summed E-state index contributed by atoms with van der Waals surface area (Å²) >= 11 is 0. The van der Waals surface area contributed by atoms with Gasteiger partial charge in [0.25, 0.3) is 0 Å². The van der Waals surface area contributed by atoms with Crippen LogP contribution in [0.15, 0.2) is 30.3 Å². The molecule has 4 nitrogen and oxygen atoms in total. The normalized spacial score (nSPS) is 20.8. The molecular weight excluding hydrogens is 250 g/mol. The second-order valence-electron chi connectivity index (χ2n) is 5.79. The number of carbonyl (C=O) groups is 1. The molecule has 0 aliphatic carbocycles. The van der Waals surface area contributed by atoms with Crippen molar-refractivity contribution < 1.29 is 4.79 Å². The fourth-order valence-corrected chi connectivity index (χ4v) is 2.67. The zero-order valence-corrected chi connectivity index (χ0v) is 12.2. The summed E-state index contributed by atoms with van der Waals surface area (Å²) < 4.78 is 0. The number of benzene rings is 1. The molecule has 1 aromatic carbocycles. The fourth-order valence-electron chi connectivity index (χ4n) is 2.67. The molecule has 1 heterocycles. The van der Waals surface area contributed by atoms with E-state index in [0.717, 1.165) is 32.5 Å². The lowest BCUT2D eigenvalue weighted by Crippen LogP contribution is -2.42. The Balaban J connectivity index is 1.67. The van der Waals surface area contributed by atoms with Crippen LogP contribution in [0, 0.1) is 5.92 Å². The first-order chi connectivity index (χ1) is 9.65. The van der Waals surface area contributed by atoms with Gasteiger partial charge < -0.3 is 16.0 Å². The summed E-state index contributed by atoms with van der Waals surface area (Å²) in [7, 11) is 2.12. The van der Waals surface area contributed by atoms with E-state index in [1.54, 1.807) is 0 Å². The van der Waals surface area contributed by atoms with E-state index in [1.807, 2.05) is 18.2 Å². The quantitative estimate of drug-likeness (QED) is 0.815. The molecule has 20 heavy (non-hydrogen) atoms. The molecule has 2 rings (SSSR count). The van der Waals surface area contributed by atoms with Crippen LogP contribution in [0.25, 0.3) is 0 Å². The minimum absolute atomic E-state index is 0.0181. The Kier molecular flexibility index (Phi) is 5.56. The number of rotatable bonds is 6. The highest BCUT2D eigenvalue weighted by molar-refractivity contribution is 5.81. The molecule has 1 saturated heterocycles. The van der Waals surface area contributed by atoms with Gasteiger partial charge in [0.2, 0.25) is 5.91 Å². The monoisotopic (exact) mass is 275 g/mol. The number of amides is 1. The van der Waals surface area contributed by atoms with Gasteiger partial charge in [-0.15, -0.1) is 0 Å². The predicted molar refractivity (Wildman–Crippen MR) is 81.4 cm³/mol. The molecule has 1 fully saturated rings. The Bertz CT molecular complexity index is 421. The molecule has 1 aliphatic heterocycles. The van der Waals surface area contributed by atoms with Crippen molar-refractivity contribution in [2.24, 2.45) is 11.7 Å². The van der Waals surface area contributed by atoms with Crippen LogP contribution in [0.3, 0.4) is 0 Å². The van der Waals surface area contributed by atoms with Crippen molar-refractivity contribution in [3.63, 3.8) is 0 Å². The maximum Gasteiger partial charge on any atom is 0.236 e. The minimum atomic E-state index is -0.408. The van der Waals surface area contributed by atoms with E-state index in [2.05, 4.69) is 29.4 Å². The first-order valence-corrected chi connectivity index (χ1v) is 7.41. The Hall–Kier alpha value is -1.39. The third-order valence-corrected chi connectivity index (χ3v) is 3.98. The summed E-state index contributed by atoms with van der Waals surface area (Å²) in [5.41, 5.74) is 7.18. The van der Waals surface area contributed by atoms with Crippen LogP contribution >= 0.6 is 0 Å². The molecular formula is C16H25N3O. The summed E-state index contributed by atoms with van der Waals surface area (Å²) in [5.74, 6) is 0.556. The lowest BCUT2D eigenvalue weighted by molar-refractivity contribution is -0.122. The molecule has 2 atom stereocenters. The lowest BCUT2D eigenvalue weighted by Gasteiger charge is -2.15. The SMILES string of the molecule is CN1CCC(CNC(=O)C(N)CCc2ccccc2)C1. The van der Waals surface area contributed by atoms with Gasteiger partial charge in [0.05, 0.1) is 6.04 Å². The molecule has 4 heteroatoms. The molecule has 0 aromatic heterocycles. The summed E-state index contributed by atoms with van der Waals surface area (Å²) in [5, 5.41) is 2.99. The minimum Gasteiger partial charge on any atom is -0.354 e. The molecule has 0 spiro atoms. The number of nitrogens with zero attached hydrogens (tertiary/aromatic N) is 1. The van der Waals surface area contributed by atoms with Gasteiger partial charge in [-0.25, -0.2) is 0 Å². The topological polar surface area (TPSA) is 58.4 Å². The predicted octanol–water partition coefficient (Wildman–Crippen LogP) is 1.01. The highest BCUT2D eigenvalue weighted by Gasteiger charge is 2.21. The van der Waals surface area contributed by atoms with Crippen LogP contribution in [-0.2, 0) is 11.2 Å². The summed E-state index contributed by atoms with van der Waals surface area (Å²) in [4.78, 5) is 14.3. The highest BCUT2D eigenvalue weighted by atomic mass is 16.2. The van der Waals surface area contributed by atoms with Crippen LogP contribution in [-0.4, -0.2) is 43.5 Å². The van der Waals surface area contributed by atoms with Crippen LogP contribution in [0.2, 0.25) is 0 Å². The van der Waals surface area contributed by atoms with Gasteiger partial charge >= 0.3 is 0 Å². The maximum absolute atomic E-state index is 12.0. The van der Waals surface area contributed by atoms with Gasteiger partial charge in [-0.2, -0.15) is 0 Å². The molecule has 1 aliphatic rings. The largest absolute Gasteiger partial charge is 0.354 e. The molecule has 1 amide bonds. The number of carbonyl (C=O) groups excluding carboxylic acids is 1. The van der Waals surface area contributed by atoms with E-state index in [0.29, 0.717) is 12.3 Å². The lowest BCUT2D eigenvalue weighted by atomic mass is 10.0. The van der Waals surface area contributed by atoms with Crippen LogP contribution < -0.4 is 11.1 Å². The van der Waals surface area contributed by atoms with Gasteiger partial charge in [-0.3, -0.25) is 4.79 Å². The number of nitrogens with one attached hydrogen (secondary N) is 1. The van der Waals surface area contributed by atoms with Crippen molar-refractivity contribution in [1.82, 2.24) is 10.2 Å². The smallest absolute Gasteiger partial charge is 0.236 e. The maximum atomic E-state index is 12.0. The van der Waals surface area contributed by atoms with Crippen molar-refractivity contribution in [3.8, 4) is 0 Å². The number of hydrogen-bond donors (Lipinski definition) is 2. The third-order valence-electron chi connectivity index (χ3n) is 3.98. The second-order valence-corrected chi connectivity index (χ2v) is 5.79. The Morgan fingerprint density at radius 2 is 2.20 bits per heavy atom. The fraction of sp³-hybridized carbons (Fsp3) is 0.562. The van der Waals surface area contributed by atoms with Crippen molar-refractivity contribution >= 4 is 5.91 Å². The van der Waals surface area contributed by atoms with E-state index in [-0.39, 0.29) is 5.91 Å². The second kappa shape index (κ2) is 7.41. The van der Waals surface area contributed by atoms with Crippen LogP contribution in [0.4, 0.5) is 0 Å². The van der Waals surface area contributed by atoms with Gasteiger partial charge in [-0.05, 0) is 44.3 Å². The van der Waals surface area contributed by atoms with Crippen molar-refractivity contribution in [3.05, 3.63) is 35.9 Å². The summed E-state index contributed by atoms with van der Waals surface area (Å²) in [6.45, 7) is 2.95. The number of nitrogens with two attached hydrogens (primary N) is 1. The van der Waals surface area contributed by atoms with Gasteiger partial charge in [0.15, 0.2) is 0 Å². The van der Waals surface area contributed by atoms with Crippen LogP contribution in [0.5, 0.6) is 0 Å². The van der Waals surface area contributed by atoms with Crippen molar-refractivity contribution in [2.45, 2.75) is 25.3 Å². The van der Waals surface area contributed by atoms with E-state index in [4.69, 9.17) is 5.73 Å². The molecule has 2 unspecified atom stereocenters. The Labute approximate surface area is 121 Å². The van der Waals surface area contributed by atoms with Gasteiger partial charge in [0.1, 0.15) is 0 Å². The number of hydrogen-bond acceptors (Lipinski definition) is 3. The number of likely N-dealkylation sites (tertiary alicyclic amines) is 1. The first kappa shape index (κ1) is 15.0. The summed E-state index contributed by atoms with van der Waals surface area (Å²) in [6.07, 6.45) is 2.71. The van der Waals surface area contributed by atoms with Crippen LogP contribution in [0.1, 0.15) is 18.4 Å². The molecule has 1 aromatic rings. The zero-order valence-electron chi connectivity index (χ0n) is 12.2. The zero-order chi connectivity index (χ0) is 14.4. The molecule has 3 N–H and O–H groups in total. The standard InChI is InChI=1S/C16H25N3O/c1-19-10-9-14(12-19)11-18-16(20)15(17)8-7-13-5-3-2-4-6-13/h2-6,14-15H,7-12,17H2,1H3,(H,18,20). The average molecular weight is 275 g/mol. The first-order valence-electron chi connectivity index (χ1n) is 7.41.